The zero-order valence-electron chi connectivity index (χ0n) is 10.2. The van der Waals surface area contributed by atoms with Crippen molar-refractivity contribution in [3.63, 3.8) is 0 Å². The van der Waals surface area contributed by atoms with E-state index in [1.54, 1.807) is 18.2 Å². The van der Waals surface area contributed by atoms with E-state index in [1.165, 1.54) is 17.4 Å². The van der Waals surface area contributed by atoms with Gasteiger partial charge >= 0.3 is 0 Å². The second kappa shape index (κ2) is 5.46. The van der Waals surface area contributed by atoms with E-state index in [0.717, 1.165) is 4.70 Å². The number of nitrogens with one attached hydrogen (secondary N) is 1. The third kappa shape index (κ3) is 2.86. The van der Waals surface area contributed by atoms with Crippen molar-refractivity contribution in [2.45, 2.75) is 13.8 Å². The van der Waals surface area contributed by atoms with E-state index in [2.05, 4.69) is 5.48 Å². The number of thiophene rings is 1. The molecule has 0 fully saturated rings. The van der Waals surface area contributed by atoms with Crippen LogP contribution < -0.4 is 5.48 Å². The molecule has 1 aromatic heterocycles. The molecule has 0 spiro atoms. The fourth-order valence-corrected chi connectivity index (χ4v) is 2.42. The Balaban J connectivity index is 2.11. The van der Waals surface area contributed by atoms with Crippen LogP contribution in [0.25, 0.3) is 10.1 Å². The van der Waals surface area contributed by atoms with Crippen LogP contribution in [-0.4, -0.2) is 12.5 Å². The molecule has 96 valence electrons. The second-order valence-electron chi connectivity index (χ2n) is 4.40. The first-order valence-corrected chi connectivity index (χ1v) is 6.49. The minimum Gasteiger partial charge on any atom is -0.273 e. The summed E-state index contributed by atoms with van der Waals surface area (Å²) in [5.74, 6) is -0.313. The largest absolute Gasteiger partial charge is 0.284 e. The SMILES string of the molecule is CC(C)CONC(=O)c1cc2c(F)cccc2s1. The number of amides is 1. The number of benzene rings is 1. The molecule has 1 N–H and O–H groups in total. The number of hydroxylamine groups is 1. The maximum Gasteiger partial charge on any atom is 0.284 e. The maximum atomic E-state index is 13.5. The van der Waals surface area contributed by atoms with Gasteiger partial charge in [-0.2, -0.15) is 0 Å². The third-order valence-corrected chi connectivity index (χ3v) is 3.41. The summed E-state index contributed by atoms with van der Waals surface area (Å²) >= 11 is 1.25. The van der Waals surface area contributed by atoms with Crippen molar-refractivity contribution in [3.8, 4) is 0 Å². The Kier molecular flexibility index (Phi) is 3.93. The van der Waals surface area contributed by atoms with Gasteiger partial charge in [-0.1, -0.05) is 19.9 Å². The molecule has 2 rings (SSSR count). The van der Waals surface area contributed by atoms with Crippen LogP contribution in [0.3, 0.4) is 0 Å². The quantitative estimate of drug-likeness (QED) is 0.863. The highest BCUT2D eigenvalue weighted by atomic mass is 32.1. The lowest BCUT2D eigenvalue weighted by Crippen LogP contribution is -2.24. The van der Waals surface area contributed by atoms with Gasteiger partial charge in [-0.3, -0.25) is 9.63 Å². The van der Waals surface area contributed by atoms with Gasteiger partial charge in [0.25, 0.3) is 5.91 Å². The van der Waals surface area contributed by atoms with E-state index in [9.17, 15) is 9.18 Å². The van der Waals surface area contributed by atoms with E-state index in [1.807, 2.05) is 13.8 Å². The fourth-order valence-electron chi connectivity index (χ4n) is 1.46. The lowest BCUT2D eigenvalue weighted by Gasteiger charge is -2.06. The Labute approximate surface area is 109 Å². The molecule has 0 aliphatic carbocycles. The maximum absolute atomic E-state index is 13.5. The molecule has 1 heterocycles. The number of carbonyl (C=O) groups is 1. The molecule has 0 bridgehead atoms. The number of rotatable bonds is 4. The zero-order chi connectivity index (χ0) is 13.1. The molecule has 0 aliphatic rings. The van der Waals surface area contributed by atoms with Crippen LogP contribution in [-0.2, 0) is 4.84 Å². The Hall–Kier alpha value is -1.46. The Bertz CT molecular complexity index is 565. The van der Waals surface area contributed by atoms with Crippen LogP contribution in [0.15, 0.2) is 24.3 Å². The van der Waals surface area contributed by atoms with Gasteiger partial charge < -0.3 is 0 Å². The van der Waals surface area contributed by atoms with Gasteiger partial charge in [-0.15, -0.1) is 11.3 Å². The minimum atomic E-state index is -0.337. The molecule has 0 aliphatic heterocycles. The first-order chi connectivity index (χ1) is 8.58. The number of hydrogen-bond acceptors (Lipinski definition) is 3. The van der Waals surface area contributed by atoms with Gasteiger partial charge in [0, 0.05) is 10.1 Å². The summed E-state index contributed by atoms with van der Waals surface area (Å²) in [4.78, 5) is 17.3. The number of carbonyl (C=O) groups excluding carboxylic acids is 1. The summed E-state index contributed by atoms with van der Waals surface area (Å²) in [5.41, 5.74) is 2.36. The molecule has 0 unspecified atom stereocenters. The molecule has 0 saturated carbocycles. The predicted octanol–water partition coefficient (Wildman–Crippen LogP) is 3.36. The molecule has 2 aromatic rings. The van der Waals surface area contributed by atoms with E-state index in [0.29, 0.717) is 22.8 Å². The lowest BCUT2D eigenvalue weighted by atomic mass is 10.2. The summed E-state index contributed by atoms with van der Waals surface area (Å²) in [6, 6.07) is 6.34. The number of fused-ring (bicyclic) bond motifs is 1. The average molecular weight is 267 g/mol. The Morgan fingerprint density at radius 2 is 2.28 bits per heavy atom. The summed E-state index contributed by atoms with van der Waals surface area (Å²) < 4.78 is 14.2. The summed E-state index contributed by atoms with van der Waals surface area (Å²) in [6.45, 7) is 4.42. The molecule has 0 radical (unpaired) electrons. The van der Waals surface area contributed by atoms with Crippen LogP contribution in [0.1, 0.15) is 23.5 Å². The van der Waals surface area contributed by atoms with Crippen LogP contribution in [0, 0.1) is 11.7 Å². The highest BCUT2D eigenvalue weighted by molar-refractivity contribution is 7.20. The molecule has 18 heavy (non-hydrogen) atoms. The van der Waals surface area contributed by atoms with E-state index < -0.39 is 0 Å². The summed E-state index contributed by atoms with van der Waals surface area (Å²) in [6.07, 6.45) is 0. The van der Waals surface area contributed by atoms with E-state index in [4.69, 9.17) is 4.84 Å². The molecule has 3 nitrogen and oxygen atoms in total. The number of halogens is 1. The molecule has 1 amide bonds. The zero-order valence-corrected chi connectivity index (χ0v) is 11.0. The van der Waals surface area contributed by atoms with Gasteiger partial charge in [-0.05, 0) is 24.1 Å². The van der Waals surface area contributed by atoms with Gasteiger partial charge in [0.15, 0.2) is 0 Å². The molecule has 0 atom stereocenters. The highest BCUT2D eigenvalue weighted by Crippen LogP contribution is 2.27. The molecular formula is C13H14FNO2S. The molecule has 5 heteroatoms. The van der Waals surface area contributed by atoms with E-state index in [-0.39, 0.29) is 11.7 Å². The van der Waals surface area contributed by atoms with Crippen molar-refractivity contribution in [1.82, 2.24) is 5.48 Å². The summed E-state index contributed by atoms with van der Waals surface area (Å²) in [7, 11) is 0. The van der Waals surface area contributed by atoms with Crippen molar-refractivity contribution in [2.75, 3.05) is 6.61 Å². The first kappa shape index (κ1) is 13.0. The molecular weight excluding hydrogens is 253 g/mol. The number of hydrogen-bond donors (Lipinski definition) is 1. The average Bonchev–Trinajstić information content (AvgIpc) is 2.74. The van der Waals surface area contributed by atoms with Gasteiger partial charge in [-0.25, -0.2) is 9.87 Å². The topological polar surface area (TPSA) is 38.3 Å². The van der Waals surface area contributed by atoms with Crippen molar-refractivity contribution in [1.29, 1.82) is 0 Å². The molecule has 1 aromatic carbocycles. The van der Waals surface area contributed by atoms with Gasteiger partial charge in [0.2, 0.25) is 0 Å². The van der Waals surface area contributed by atoms with Crippen molar-refractivity contribution in [2.24, 2.45) is 5.92 Å². The van der Waals surface area contributed by atoms with Crippen LogP contribution in [0.4, 0.5) is 4.39 Å². The lowest BCUT2D eigenvalue weighted by molar-refractivity contribution is 0.0212. The minimum absolute atomic E-state index is 0.314. The van der Waals surface area contributed by atoms with E-state index >= 15 is 0 Å². The predicted molar refractivity (Wildman–Crippen MR) is 70.0 cm³/mol. The monoisotopic (exact) mass is 267 g/mol. The van der Waals surface area contributed by atoms with Gasteiger partial charge in [0.1, 0.15) is 5.82 Å². The van der Waals surface area contributed by atoms with Crippen molar-refractivity contribution in [3.05, 3.63) is 35.0 Å². The smallest absolute Gasteiger partial charge is 0.273 e. The third-order valence-electron chi connectivity index (χ3n) is 2.31. The normalized spacial score (nSPS) is 11.1. The standard InChI is InChI=1S/C13H14FNO2S/c1-8(2)7-17-15-13(16)12-6-9-10(14)4-3-5-11(9)18-12/h3-6,8H,7H2,1-2H3,(H,15,16). The molecule has 0 saturated heterocycles. The second-order valence-corrected chi connectivity index (χ2v) is 5.48. The Morgan fingerprint density at radius 3 is 2.94 bits per heavy atom. The summed E-state index contributed by atoms with van der Waals surface area (Å²) in [5, 5.41) is 0.469. The van der Waals surface area contributed by atoms with Crippen molar-refractivity contribution < 1.29 is 14.0 Å². The van der Waals surface area contributed by atoms with Crippen LogP contribution in [0.2, 0.25) is 0 Å². The van der Waals surface area contributed by atoms with Crippen LogP contribution in [0.5, 0.6) is 0 Å². The highest BCUT2D eigenvalue weighted by Gasteiger charge is 2.12. The van der Waals surface area contributed by atoms with Gasteiger partial charge in [0.05, 0.1) is 11.5 Å². The fraction of sp³-hybridized carbons (Fsp3) is 0.308. The first-order valence-electron chi connectivity index (χ1n) is 5.68. The van der Waals surface area contributed by atoms with Crippen LogP contribution >= 0.6 is 11.3 Å². The van der Waals surface area contributed by atoms with Crippen molar-refractivity contribution >= 4 is 27.3 Å². The Morgan fingerprint density at radius 1 is 1.50 bits per heavy atom.